The second kappa shape index (κ2) is 7.21. The predicted octanol–water partition coefficient (Wildman–Crippen LogP) is 6.15. The van der Waals surface area contributed by atoms with Crippen LogP contribution in [0.1, 0.15) is 10.4 Å². The molecule has 0 amide bonds. The topological polar surface area (TPSA) is 34.4 Å². The van der Waals surface area contributed by atoms with Crippen molar-refractivity contribution in [1.82, 2.24) is 9.38 Å². The molecule has 0 radical (unpaired) electrons. The molecule has 3 heteroatoms. The van der Waals surface area contributed by atoms with E-state index in [1.165, 1.54) is 0 Å². The fraction of sp³-hybridized carbons (Fsp3) is 0. The van der Waals surface area contributed by atoms with E-state index in [0.29, 0.717) is 5.56 Å². The van der Waals surface area contributed by atoms with Crippen LogP contribution in [-0.4, -0.2) is 15.7 Å². The Bertz CT molecular complexity index is 1300. The lowest BCUT2D eigenvalue weighted by Gasteiger charge is -2.10. The maximum atomic E-state index is 11.7. The first-order chi connectivity index (χ1) is 14.3. The van der Waals surface area contributed by atoms with Gasteiger partial charge in [-0.05, 0) is 22.8 Å². The minimum Gasteiger partial charge on any atom is -0.305 e. The maximum absolute atomic E-state index is 11.7. The summed E-state index contributed by atoms with van der Waals surface area (Å²) in [5.74, 6) is 0. The largest absolute Gasteiger partial charge is 0.305 e. The van der Waals surface area contributed by atoms with E-state index in [1.54, 1.807) is 0 Å². The van der Waals surface area contributed by atoms with Crippen molar-refractivity contribution in [3.8, 4) is 33.5 Å². The quantitative estimate of drug-likeness (QED) is 0.354. The lowest BCUT2D eigenvalue weighted by Crippen LogP contribution is -1.94. The van der Waals surface area contributed by atoms with Crippen LogP contribution in [0.5, 0.6) is 0 Å². The van der Waals surface area contributed by atoms with Gasteiger partial charge in [0.05, 0.1) is 5.69 Å². The summed E-state index contributed by atoms with van der Waals surface area (Å²) in [5.41, 5.74) is 7.47. The number of benzene rings is 3. The standard InChI is InChI=1S/C26H18N2O/c29-18-21-13-7-8-14-23(21)24-15-22(19-9-3-1-4-10-19)16-28-17-25(27-26(24)28)20-11-5-2-6-12-20/h1-18H. The maximum Gasteiger partial charge on any atom is 0.150 e. The van der Waals surface area contributed by atoms with Gasteiger partial charge in [0.1, 0.15) is 5.65 Å². The van der Waals surface area contributed by atoms with Crippen LogP contribution in [0.4, 0.5) is 0 Å². The van der Waals surface area contributed by atoms with Crippen LogP contribution in [0.2, 0.25) is 0 Å². The van der Waals surface area contributed by atoms with Crippen LogP contribution in [0.15, 0.2) is 103 Å². The molecule has 5 rings (SSSR count). The molecule has 3 nitrogen and oxygen atoms in total. The van der Waals surface area contributed by atoms with Crippen molar-refractivity contribution in [3.05, 3.63) is 109 Å². The highest BCUT2D eigenvalue weighted by molar-refractivity contribution is 5.93. The van der Waals surface area contributed by atoms with Crippen molar-refractivity contribution in [2.75, 3.05) is 0 Å². The van der Waals surface area contributed by atoms with Crippen LogP contribution in [0.3, 0.4) is 0 Å². The molecule has 2 heterocycles. The smallest absolute Gasteiger partial charge is 0.150 e. The number of fused-ring (bicyclic) bond motifs is 1. The van der Waals surface area contributed by atoms with Gasteiger partial charge in [-0.15, -0.1) is 0 Å². The highest BCUT2D eigenvalue weighted by atomic mass is 16.1. The van der Waals surface area contributed by atoms with E-state index in [9.17, 15) is 4.79 Å². The van der Waals surface area contributed by atoms with Crippen LogP contribution in [0, 0.1) is 0 Å². The van der Waals surface area contributed by atoms with E-state index < -0.39 is 0 Å². The van der Waals surface area contributed by atoms with E-state index in [2.05, 4.69) is 40.9 Å². The zero-order valence-electron chi connectivity index (χ0n) is 15.7. The average molecular weight is 374 g/mol. The first-order valence-corrected chi connectivity index (χ1v) is 9.52. The van der Waals surface area contributed by atoms with Crippen LogP contribution < -0.4 is 0 Å². The Balaban J connectivity index is 1.81. The van der Waals surface area contributed by atoms with E-state index in [-0.39, 0.29) is 0 Å². The summed E-state index contributed by atoms with van der Waals surface area (Å²) in [5, 5.41) is 0. The minimum absolute atomic E-state index is 0.656. The molecule has 0 aliphatic carbocycles. The van der Waals surface area contributed by atoms with E-state index in [4.69, 9.17) is 4.98 Å². The molecule has 3 aromatic carbocycles. The predicted molar refractivity (Wildman–Crippen MR) is 117 cm³/mol. The zero-order chi connectivity index (χ0) is 19.6. The number of hydrogen-bond acceptors (Lipinski definition) is 2. The Labute approximate surface area is 168 Å². The van der Waals surface area contributed by atoms with Gasteiger partial charge in [0.25, 0.3) is 0 Å². The Morgan fingerprint density at radius 3 is 2.03 bits per heavy atom. The van der Waals surface area contributed by atoms with Crippen LogP contribution in [-0.2, 0) is 0 Å². The molecule has 0 fully saturated rings. The van der Waals surface area contributed by atoms with Crippen molar-refractivity contribution in [1.29, 1.82) is 0 Å². The summed E-state index contributed by atoms with van der Waals surface area (Å²) in [4.78, 5) is 16.6. The van der Waals surface area contributed by atoms with Gasteiger partial charge < -0.3 is 4.40 Å². The van der Waals surface area contributed by atoms with Gasteiger partial charge in [0.2, 0.25) is 0 Å². The Morgan fingerprint density at radius 2 is 1.31 bits per heavy atom. The number of nitrogens with zero attached hydrogens (tertiary/aromatic N) is 2. The number of carbonyl (C=O) groups is 1. The second-order valence-corrected chi connectivity index (χ2v) is 6.94. The summed E-state index contributed by atoms with van der Waals surface area (Å²) in [6.07, 6.45) is 5.04. The molecule has 0 aliphatic heterocycles. The molecule has 138 valence electrons. The number of rotatable bonds is 4. The molecule has 0 atom stereocenters. The average Bonchev–Trinajstić information content (AvgIpc) is 3.24. The number of hydrogen-bond donors (Lipinski definition) is 0. The first kappa shape index (κ1) is 17.1. The van der Waals surface area contributed by atoms with E-state index >= 15 is 0 Å². The molecule has 0 N–H and O–H groups in total. The summed E-state index contributed by atoms with van der Waals surface area (Å²) >= 11 is 0. The molecule has 5 aromatic rings. The Morgan fingerprint density at radius 1 is 0.655 bits per heavy atom. The van der Waals surface area contributed by atoms with E-state index in [0.717, 1.165) is 45.4 Å². The van der Waals surface area contributed by atoms with Crippen molar-refractivity contribution in [2.45, 2.75) is 0 Å². The third kappa shape index (κ3) is 3.13. The van der Waals surface area contributed by atoms with Crippen molar-refractivity contribution in [3.63, 3.8) is 0 Å². The summed E-state index contributed by atoms with van der Waals surface area (Å²) in [7, 11) is 0. The molecule has 0 spiro atoms. The molecule has 0 aliphatic rings. The number of carbonyl (C=O) groups excluding carboxylic acids is 1. The Kier molecular flexibility index (Phi) is 4.26. The van der Waals surface area contributed by atoms with Crippen molar-refractivity contribution < 1.29 is 4.79 Å². The van der Waals surface area contributed by atoms with Crippen molar-refractivity contribution >= 4 is 11.9 Å². The number of imidazole rings is 1. The summed E-state index contributed by atoms with van der Waals surface area (Å²) in [6, 6.07) is 30.2. The van der Waals surface area contributed by atoms with Crippen LogP contribution >= 0.6 is 0 Å². The van der Waals surface area contributed by atoms with Crippen LogP contribution in [0.25, 0.3) is 39.2 Å². The monoisotopic (exact) mass is 374 g/mol. The summed E-state index contributed by atoms with van der Waals surface area (Å²) < 4.78 is 2.06. The fourth-order valence-corrected chi connectivity index (χ4v) is 3.68. The minimum atomic E-state index is 0.656. The Hall–Kier alpha value is -3.98. The lowest BCUT2D eigenvalue weighted by molar-refractivity contribution is 0.112. The van der Waals surface area contributed by atoms with Gasteiger partial charge in [0.15, 0.2) is 6.29 Å². The van der Waals surface area contributed by atoms with Gasteiger partial charge in [-0.2, -0.15) is 0 Å². The number of aromatic nitrogens is 2. The van der Waals surface area contributed by atoms with Gasteiger partial charge in [-0.1, -0.05) is 84.9 Å². The molecule has 0 saturated heterocycles. The molecule has 0 saturated carbocycles. The molecule has 0 bridgehead atoms. The first-order valence-electron chi connectivity index (χ1n) is 9.52. The molecular formula is C26H18N2O. The van der Waals surface area contributed by atoms with Gasteiger partial charge in [-0.3, -0.25) is 4.79 Å². The number of aldehydes is 1. The molecular weight excluding hydrogens is 356 g/mol. The molecule has 2 aromatic heterocycles. The third-order valence-electron chi connectivity index (χ3n) is 5.11. The SMILES string of the molecule is O=Cc1ccccc1-c1cc(-c2ccccc2)cn2cc(-c3ccccc3)nc12. The molecule has 0 unspecified atom stereocenters. The fourth-order valence-electron chi connectivity index (χ4n) is 3.68. The van der Waals surface area contributed by atoms with E-state index in [1.807, 2.05) is 66.9 Å². The van der Waals surface area contributed by atoms with Gasteiger partial charge in [0, 0.05) is 29.1 Å². The highest BCUT2D eigenvalue weighted by Crippen LogP contribution is 2.33. The lowest BCUT2D eigenvalue weighted by atomic mass is 9.98. The normalized spacial score (nSPS) is 10.9. The number of pyridine rings is 1. The third-order valence-corrected chi connectivity index (χ3v) is 5.11. The molecule has 29 heavy (non-hydrogen) atoms. The zero-order valence-corrected chi connectivity index (χ0v) is 15.7. The van der Waals surface area contributed by atoms with Crippen molar-refractivity contribution in [2.24, 2.45) is 0 Å². The highest BCUT2D eigenvalue weighted by Gasteiger charge is 2.14. The second-order valence-electron chi connectivity index (χ2n) is 6.94. The van der Waals surface area contributed by atoms with Gasteiger partial charge >= 0.3 is 0 Å². The summed E-state index contributed by atoms with van der Waals surface area (Å²) in [6.45, 7) is 0. The van der Waals surface area contributed by atoms with Gasteiger partial charge in [-0.25, -0.2) is 4.98 Å².